The third-order valence-electron chi connectivity index (χ3n) is 3.17. The van der Waals surface area contributed by atoms with Gasteiger partial charge >= 0.3 is 0 Å². The van der Waals surface area contributed by atoms with Gasteiger partial charge in [0.2, 0.25) is 0 Å². The standard InChI is InChI=1S/C18H16N2O4/c1-23-15-7-3-13(4-8-15)17(11-21)19-20-18(12-22)14-5-9-16(24-2)10-6-14/h3-12H,1-2H3/b19-17-,20-18-/i11D,12D. The Hall–Kier alpha value is -3.28. The Labute approximate surface area is 142 Å². The Morgan fingerprint density at radius 3 is 1.38 bits per heavy atom. The predicted octanol–water partition coefficient (Wildman–Crippen LogP) is 2.29. The molecule has 2 rings (SSSR count). The molecule has 0 aliphatic carbocycles. The van der Waals surface area contributed by atoms with Crippen LogP contribution in [0.1, 0.15) is 13.9 Å². The molecular weight excluding hydrogens is 308 g/mol. The van der Waals surface area contributed by atoms with Gasteiger partial charge in [0.15, 0.2) is 12.5 Å². The third kappa shape index (κ3) is 4.13. The summed E-state index contributed by atoms with van der Waals surface area (Å²) in [6.45, 7) is 0. The van der Waals surface area contributed by atoms with Gasteiger partial charge < -0.3 is 9.47 Å². The lowest BCUT2D eigenvalue weighted by Crippen LogP contribution is -2.05. The van der Waals surface area contributed by atoms with Gasteiger partial charge in [-0.25, -0.2) is 0 Å². The molecule has 2 aromatic rings. The first-order valence-corrected chi connectivity index (χ1v) is 6.92. The third-order valence-corrected chi connectivity index (χ3v) is 3.17. The van der Waals surface area contributed by atoms with Crippen molar-refractivity contribution in [3.63, 3.8) is 0 Å². The van der Waals surface area contributed by atoms with Gasteiger partial charge in [0.25, 0.3) is 0 Å². The minimum atomic E-state index is -1.06. The smallest absolute Gasteiger partial charge is 0.170 e. The predicted molar refractivity (Wildman–Crippen MR) is 91.2 cm³/mol. The molecule has 0 amide bonds. The van der Waals surface area contributed by atoms with Crippen LogP contribution in [0.5, 0.6) is 11.5 Å². The van der Waals surface area contributed by atoms with Crippen molar-refractivity contribution in [2.45, 2.75) is 0 Å². The van der Waals surface area contributed by atoms with E-state index in [1.54, 1.807) is 48.5 Å². The zero-order chi connectivity index (χ0) is 19.1. The lowest BCUT2D eigenvalue weighted by Gasteiger charge is -2.02. The highest BCUT2D eigenvalue weighted by Gasteiger charge is 2.05. The molecule has 0 heterocycles. The second kappa shape index (κ2) is 8.38. The van der Waals surface area contributed by atoms with Crippen LogP contribution >= 0.6 is 0 Å². The van der Waals surface area contributed by atoms with E-state index in [4.69, 9.17) is 12.2 Å². The van der Waals surface area contributed by atoms with Gasteiger partial charge in [-0.05, 0) is 48.5 Å². The molecule has 0 spiro atoms. The molecule has 0 aliphatic rings. The molecule has 0 unspecified atom stereocenters. The van der Waals surface area contributed by atoms with Gasteiger partial charge in [0, 0.05) is 11.1 Å². The lowest BCUT2D eigenvalue weighted by atomic mass is 10.1. The molecule has 0 bridgehead atoms. The normalized spacial score (nSPS) is 12.9. The maximum atomic E-state index is 11.6. The van der Waals surface area contributed by atoms with Crippen LogP contribution in [0.2, 0.25) is 0 Å². The second-order valence-electron chi connectivity index (χ2n) is 4.56. The molecule has 0 fully saturated rings. The van der Waals surface area contributed by atoms with Crippen LogP contribution in [0, 0.1) is 0 Å². The summed E-state index contributed by atoms with van der Waals surface area (Å²) in [5, 5.41) is 7.49. The Kier molecular flexibility index (Phi) is 5.00. The number of aldehydes is 2. The van der Waals surface area contributed by atoms with E-state index >= 15 is 0 Å². The summed E-state index contributed by atoms with van der Waals surface area (Å²) in [6, 6.07) is 12.6. The number of hydrogen-bond donors (Lipinski definition) is 0. The quantitative estimate of drug-likeness (QED) is 0.444. The van der Waals surface area contributed by atoms with Crippen LogP contribution in [-0.4, -0.2) is 38.2 Å². The van der Waals surface area contributed by atoms with E-state index in [2.05, 4.69) is 10.2 Å². The number of ether oxygens (including phenoxy) is 2. The van der Waals surface area contributed by atoms with E-state index in [-0.39, 0.29) is 11.4 Å². The SMILES string of the molecule is [2H]C(=O)/C(=N/N=C(/C([2H])=O)c1ccc(OC)cc1)c1ccc(OC)cc1. The molecular formula is C18H16N2O4. The molecule has 6 heteroatoms. The Bertz CT molecular complexity index is 786. The summed E-state index contributed by atoms with van der Waals surface area (Å²) in [6.07, 6.45) is -2.13. The van der Waals surface area contributed by atoms with Crippen molar-refractivity contribution in [3.05, 3.63) is 59.7 Å². The highest BCUT2D eigenvalue weighted by molar-refractivity contribution is 6.38. The van der Waals surface area contributed by atoms with Crippen molar-refractivity contribution < 1.29 is 21.8 Å². The van der Waals surface area contributed by atoms with Crippen molar-refractivity contribution in [3.8, 4) is 11.5 Å². The van der Waals surface area contributed by atoms with Crippen LogP contribution in [0.15, 0.2) is 58.7 Å². The zero-order valence-electron chi connectivity index (χ0n) is 15.1. The van der Waals surface area contributed by atoms with Crippen molar-refractivity contribution in [2.24, 2.45) is 10.2 Å². The zero-order valence-corrected chi connectivity index (χ0v) is 13.1. The fraction of sp³-hybridized carbons (Fsp3) is 0.111. The van der Waals surface area contributed by atoms with Crippen molar-refractivity contribution >= 4 is 23.9 Å². The number of nitrogens with zero attached hydrogens (tertiary/aromatic N) is 2. The van der Waals surface area contributed by atoms with Crippen molar-refractivity contribution in [2.75, 3.05) is 14.2 Å². The summed E-state index contributed by atoms with van der Waals surface area (Å²) >= 11 is 0. The number of benzene rings is 2. The molecule has 0 atom stereocenters. The first-order valence-electron chi connectivity index (χ1n) is 7.92. The number of carbonyl (C=O) groups excluding carboxylic acids is 2. The monoisotopic (exact) mass is 326 g/mol. The van der Waals surface area contributed by atoms with Crippen molar-refractivity contribution in [1.82, 2.24) is 0 Å². The van der Waals surface area contributed by atoms with Gasteiger partial charge in [-0.15, -0.1) is 10.2 Å². The van der Waals surface area contributed by atoms with Crippen molar-refractivity contribution in [1.29, 1.82) is 0 Å². The summed E-state index contributed by atoms with van der Waals surface area (Å²) in [4.78, 5) is 23.2. The van der Waals surface area contributed by atoms with E-state index in [0.29, 0.717) is 22.6 Å². The number of carbonyl (C=O) groups is 2. The van der Waals surface area contributed by atoms with E-state index in [1.165, 1.54) is 14.2 Å². The molecule has 0 N–H and O–H groups in total. The van der Waals surface area contributed by atoms with Gasteiger partial charge in [-0.1, -0.05) is 0 Å². The molecule has 0 aliphatic heterocycles. The average molecular weight is 326 g/mol. The maximum absolute atomic E-state index is 11.6. The fourth-order valence-corrected chi connectivity index (χ4v) is 1.87. The van der Waals surface area contributed by atoms with Crippen LogP contribution in [0.3, 0.4) is 0 Å². The Morgan fingerprint density at radius 1 is 0.792 bits per heavy atom. The first kappa shape index (κ1) is 14.3. The largest absolute Gasteiger partial charge is 0.497 e. The van der Waals surface area contributed by atoms with E-state index < -0.39 is 12.5 Å². The average Bonchev–Trinajstić information content (AvgIpc) is 2.65. The summed E-state index contributed by atoms with van der Waals surface area (Å²) in [5.41, 5.74) is 0.196. The first-order chi connectivity index (χ1) is 12.5. The molecule has 6 nitrogen and oxygen atoms in total. The lowest BCUT2D eigenvalue weighted by molar-refractivity contribution is -0.103. The van der Waals surface area contributed by atoms with Crippen LogP contribution < -0.4 is 9.47 Å². The van der Waals surface area contributed by atoms with E-state index in [0.717, 1.165) is 0 Å². The van der Waals surface area contributed by atoms with Gasteiger partial charge in [-0.3, -0.25) is 9.59 Å². The molecule has 2 aromatic carbocycles. The highest BCUT2D eigenvalue weighted by Crippen LogP contribution is 2.13. The minimum absolute atomic E-state index is 0.250. The molecule has 0 aromatic heterocycles. The van der Waals surface area contributed by atoms with Gasteiger partial charge in [0.1, 0.15) is 25.7 Å². The molecule has 24 heavy (non-hydrogen) atoms. The molecule has 122 valence electrons. The summed E-state index contributed by atoms with van der Waals surface area (Å²) < 4.78 is 24.8. The van der Waals surface area contributed by atoms with E-state index in [9.17, 15) is 9.59 Å². The van der Waals surface area contributed by atoms with Gasteiger partial charge in [0.05, 0.1) is 14.2 Å². The van der Waals surface area contributed by atoms with Crippen LogP contribution in [0.25, 0.3) is 0 Å². The highest BCUT2D eigenvalue weighted by atomic mass is 16.5. The summed E-state index contributed by atoms with van der Waals surface area (Å²) in [5.74, 6) is 1.16. The number of methoxy groups -OCH3 is 2. The van der Waals surface area contributed by atoms with Crippen LogP contribution in [0.4, 0.5) is 0 Å². The van der Waals surface area contributed by atoms with E-state index in [1.807, 2.05) is 0 Å². The second-order valence-corrected chi connectivity index (χ2v) is 4.56. The molecule has 0 saturated carbocycles. The maximum Gasteiger partial charge on any atom is 0.170 e. The number of rotatable bonds is 7. The topological polar surface area (TPSA) is 77.3 Å². The minimum Gasteiger partial charge on any atom is -0.497 e. The molecule has 0 radical (unpaired) electrons. The van der Waals surface area contributed by atoms with Gasteiger partial charge in [-0.2, -0.15) is 0 Å². The summed E-state index contributed by atoms with van der Waals surface area (Å²) in [7, 11) is 3.01. The fourth-order valence-electron chi connectivity index (χ4n) is 1.87. The number of hydrogen-bond acceptors (Lipinski definition) is 6. The van der Waals surface area contributed by atoms with Crippen LogP contribution in [-0.2, 0) is 9.59 Å². The Balaban J connectivity index is 2.44. The Morgan fingerprint density at radius 2 is 1.12 bits per heavy atom. The molecule has 0 saturated heterocycles.